The molecule has 0 saturated carbocycles. The van der Waals surface area contributed by atoms with Gasteiger partial charge in [-0.3, -0.25) is 9.59 Å². The van der Waals surface area contributed by atoms with E-state index in [1.54, 1.807) is 11.8 Å². The van der Waals surface area contributed by atoms with Gasteiger partial charge in [0.05, 0.1) is 5.41 Å². The number of esters is 1. The second-order valence-electron chi connectivity index (χ2n) is 7.77. The largest absolute Gasteiger partial charge is 0.459 e. The predicted octanol–water partition coefficient (Wildman–Crippen LogP) is 2.98. The summed E-state index contributed by atoms with van der Waals surface area (Å²) < 4.78 is 5.36. The Morgan fingerprint density at radius 3 is 2.23 bits per heavy atom. The summed E-state index contributed by atoms with van der Waals surface area (Å²) in [6.07, 6.45) is 2.23. The third-order valence-electron chi connectivity index (χ3n) is 5.79. The van der Waals surface area contributed by atoms with Crippen LogP contribution in [-0.4, -0.2) is 41.8 Å². The lowest BCUT2D eigenvalue weighted by Crippen LogP contribution is -2.55. The quantitative estimate of drug-likeness (QED) is 0.552. The van der Waals surface area contributed by atoms with Crippen LogP contribution in [0.4, 0.5) is 0 Å². The van der Waals surface area contributed by atoms with Crippen LogP contribution in [0.5, 0.6) is 0 Å². The van der Waals surface area contributed by atoms with E-state index in [1.807, 2.05) is 60.7 Å². The molecule has 0 bridgehead atoms. The van der Waals surface area contributed by atoms with Gasteiger partial charge in [-0.1, -0.05) is 67.2 Å². The highest BCUT2D eigenvalue weighted by atomic mass is 16.5. The maximum atomic E-state index is 13.4. The molecule has 1 aliphatic rings. The number of benzene rings is 2. The molecule has 2 amide bonds. The van der Waals surface area contributed by atoms with E-state index in [2.05, 4.69) is 11.9 Å². The first-order chi connectivity index (χ1) is 15.0. The highest BCUT2D eigenvalue weighted by molar-refractivity contribution is 5.92. The average molecular weight is 421 g/mol. The van der Waals surface area contributed by atoms with Crippen LogP contribution in [0.3, 0.4) is 0 Å². The highest BCUT2D eigenvalue weighted by Crippen LogP contribution is 2.36. The summed E-state index contributed by atoms with van der Waals surface area (Å²) >= 11 is 0. The molecule has 0 aliphatic carbocycles. The fourth-order valence-electron chi connectivity index (χ4n) is 3.89. The van der Waals surface area contributed by atoms with E-state index in [9.17, 15) is 14.4 Å². The molecule has 2 aromatic carbocycles. The van der Waals surface area contributed by atoms with Crippen LogP contribution in [0.25, 0.3) is 0 Å². The molecule has 1 aliphatic heterocycles. The topological polar surface area (TPSA) is 75.7 Å². The SMILES string of the molecule is C=CC(=O)N1CCC(C(=O)NC(C)C(=O)OCc2ccccc2)(c2ccccc2)CC1. The molecule has 1 unspecified atom stereocenters. The van der Waals surface area contributed by atoms with Gasteiger partial charge in [0, 0.05) is 13.1 Å². The predicted molar refractivity (Wildman–Crippen MR) is 118 cm³/mol. The molecule has 6 heteroatoms. The minimum atomic E-state index is -0.812. The summed E-state index contributed by atoms with van der Waals surface area (Å²) in [6, 6.07) is 18.1. The van der Waals surface area contributed by atoms with Crippen LogP contribution in [0.2, 0.25) is 0 Å². The van der Waals surface area contributed by atoms with Gasteiger partial charge in [0.2, 0.25) is 11.8 Å². The molecule has 1 heterocycles. The Bertz CT molecular complexity index is 919. The zero-order chi connectivity index (χ0) is 22.3. The van der Waals surface area contributed by atoms with Crippen LogP contribution >= 0.6 is 0 Å². The average Bonchev–Trinajstić information content (AvgIpc) is 2.83. The van der Waals surface area contributed by atoms with E-state index < -0.39 is 17.4 Å². The van der Waals surface area contributed by atoms with Crippen LogP contribution < -0.4 is 5.32 Å². The zero-order valence-corrected chi connectivity index (χ0v) is 17.8. The standard InChI is InChI=1S/C25H28N2O4/c1-3-22(28)27-16-14-25(15-17-27,21-12-8-5-9-13-21)24(30)26-19(2)23(29)31-18-20-10-6-4-7-11-20/h3-13,19H,1,14-18H2,2H3,(H,26,30). The van der Waals surface area contributed by atoms with Crippen molar-refractivity contribution in [2.45, 2.75) is 37.8 Å². The van der Waals surface area contributed by atoms with Crippen molar-refractivity contribution in [1.82, 2.24) is 10.2 Å². The van der Waals surface area contributed by atoms with E-state index in [0.717, 1.165) is 11.1 Å². The van der Waals surface area contributed by atoms with Gasteiger partial charge in [0.1, 0.15) is 12.6 Å². The second-order valence-corrected chi connectivity index (χ2v) is 7.77. The van der Waals surface area contributed by atoms with Crippen molar-refractivity contribution >= 4 is 17.8 Å². The Labute approximate surface area is 182 Å². The lowest BCUT2D eigenvalue weighted by molar-refractivity contribution is -0.149. The summed E-state index contributed by atoms with van der Waals surface area (Å²) in [5, 5.41) is 2.85. The number of nitrogens with one attached hydrogen (secondary N) is 1. The van der Waals surface area contributed by atoms with Gasteiger partial charge in [0.25, 0.3) is 0 Å². The van der Waals surface area contributed by atoms with Crippen molar-refractivity contribution in [1.29, 1.82) is 0 Å². The smallest absolute Gasteiger partial charge is 0.328 e. The second kappa shape index (κ2) is 10.1. The molecule has 0 aromatic heterocycles. The van der Waals surface area contributed by atoms with E-state index in [0.29, 0.717) is 25.9 Å². The molecular formula is C25H28N2O4. The fourth-order valence-corrected chi connectivity index (χ4v) is 3.89. The number of hydrogen-bond acceptors (Lipinski definition) is 4. The molecule has 1 saturated heterocycles. The van der Waals surface area contributed by atoms with Gasteiger partial charge in [0.15, 0.2) is 0 Å². The number of carbonyl (C=O) groups excluding carboxylic acids is 3. The van der Waals surface area contributed by atoms with Crippen LogP contribution in [-0.2, 0) is 31.1 Å². The first kappa shape index (κ1) is 22.3. The third kappa shape index (κ3) is 5.20. The number of amides is 2. The number of likely N-dealkylation sites (tertiary alicyclic amines) is 1. The first-order valence-corrected chi connectivity index (χ1v) is 10.4. The van der Waals surface area contributed by atoms with Crippen LogP contribution in [0, 0.1) is 0 Å². The molecule has 1 fully saturated rings. The third-order valence-corrected chi connectivity index (χ3v) is 5.79. The lowest BCUT2D eigenvalue weighted by Gasteiger charge is -2.41. The summed E-state index contributed by atoms with van der Waals surface area (Å²) in [7, 11) is 0. The fraction of sp³-hybridized carbons (Fsp3) is 0.320. The number of rotatable bonds is 7. The summed E-state index contributed by atoms with van der Waals surface area (Å²) in [4.78, 5) is 39.5. The van der Waals surface area contributed by atoms with Gasteiger partial charge < -0.3 is 15.0 Å². The Kier molecular flexibility index (Phi) is 7.23. The van der Waals surface area contributed by atoms with Gasteiger partial charge in [-0.25, -0.2) is 4.79 Å². The number of ether oxygens (including phenoxy) is 1. The van der Waals surface area contributed by atoms with E-state index in [1.165, 1.54) is 6.08 Å². The van der Waals surface area contributed by atoms with Crippen LogP contribution in [0.1, 0.15) is 30.9 Å². The number of nitrogens with zero attached hydrogens (tertiary/aromatic N) is 1. The van der Waals surface area contributed by atoms with Gasteiger partial charge in [-0.15, -0.1) is 0 Å². The normalized spacial score (nSPS) is 16.1. The Morgan fingerprint density at radius 1 is 1.06 bits per heavy atom. The van der Waals surface area contributed by atoms with Crippen molar-refractivity contribution in [2.24, 2.45) is 0 Å². The number of carbonyl (C=O) groups is 3. The van der Waals surface area contributed by atoms with Crippen LogP contribution in [0.15, 0.2) is 73.3 Å². The molecular weight excluding hydrogens is 392 g/mol. The first-order valence-electron chi connectivity index (χ1n) is 10.4. The Balaban J connectivity index is 1.69. The molecule has 31 heavy (non-hydrogen) atoms. The molecule has 162 valence electrons. The lowest BCUT2D eigenvalue weighted by atomic mass is 9.71. The van der Waals surface area contributed by atoms with E-state index in [4.69, 9.17) is 4.74 Å². The minimum absolute atomic E-state index is 0.139. The monoisotopic (exact) mass is 420 g/mol. The van der Waals surface area contributed by atoms with Crippen molar-refractivity contribution in [3.63, 3.8) is 0 Å². The highest BCUT2D eigenvalue weighted by Gasteiger charge is 2.44. The molecule has 1 atom stereocenters. The van der Waals surface area contributed by atoms with Crippen molar-refractivity contribution < 1.29 is 19.1 Å². The van der Waals surface area contributed by atoms with Crippen molar-refractivity contribution in [3.05, 3.63) is 84.4 Å². The number of piperidine rings is 1. The maximum absolute atomic E-state index is 13.4. The van der Waals surface area contributed by atoms with Crippen molar-refractivity contribution in [3.8, 4) is 0 Å². The Hall–Kier alpha value is -3.41. The Morgan fingerprint density at radius 2 is 1.65 bits per heavy atom. The van der Waals surface area contributed by atoms with Gasteiger partial charge >= 0.3 is 5.97 Å². The summed E-state index contributed by atoms with van der Waals surface area (Å²) in [5.41, 5.74) is 0.949. The molecule has 6 nitrogen and oxygen atoms in total. The molecule has 1 N–H and O–H groups in total. The molecule has 3 rings (SSSR count). The van der Waals surface area contributed by atoms with E-state index in [-0.39, 0.29) is 18.4 Å². The molecule has 0 spiro atoms. The zero-order valence-electron chi connectivity index (χ0n) is 17.8. The summed E-state index contributed by atoms with van der Waals surface area (Å²) in [6.45, 7) is 6.21. The molecule has 2 aromatic rings. The van der Waals surface area contributed by atoms with E-state index >= 15 is 0 Å². The van der Waals surface area contributed by atoms with Gasteiger partial charge in [-0.2, -0.15) is 0 Å². The summed E-state index contributed by atoms with van der Waals surface area (Å²) in [5.74, 6) is -0.854. The minimum Gasteiger partial charge on any atom is -0.459 e. The van der Waals surface area contributed by atoms with Crippen molar-refractivity contribution in [2.75, 3.05) is 13.1 Å². The van der Waals surface area contributed by atoms with Gasteiger partial charge in [-0.05, 0) is 37.0 Å². The maximum Gasteiger partial charge on any atom is 0.328 e. The number of hydrogen-bond donors (Lipinski definition) is 1. The molecule has 0 radical (unpaired) electrons.